The predicted molar refractivity (Wildman–Crippen MR) is 47.3 cm³/mol. The minimum Gasteiger partial charge on any atom is -0.409 e. The van der Waals surface area contributed by atoms with Crippen molar-refractivity contribution in [2.45, 2.75) is 11.0 Å². The van der Waals surface area contributed by atoms with Gasteiger partial charge in [-0.15, -0.1) is 21.5 Å². The van der Waals surface area contributed by atoms with Gasteiger partial charge in [-0.2, -0.15) is 8.78 Å². The van der Waals surface area contributed by atoms with Gasteiger partial charge in [0.15, 0.2) is 5.01 Å². The highest BCUT2D eigenvalue weighted by Crippen LogP contribution is 2.27. The van der Waals surface area contributed by atoms with Crippen LogP contribution in [0.25, 0.3) is 10.9 Å². The van der Waals surface area contributed by atoms with Crippen molar-refractivity contribution in [3.05, 3.63) is 11.6 Å². The lowest BCUT2D eigenvalue weighted by Crippen LogP contribution is -1.80. The number of hydrogen-bond donors (Lipinski definition) is 0. The SMILES string of the molecule is FC(F)Sc1nnc(-c2nccs2)o1. The van der Waals surface area contributed by atoms with Gasteiger partial charge >= 0.3 is 0 Å². The van der Waals surface area contributed by atoms with E-state index in [0.717, 1.165) is 0 Å². The van der Waals surface area contributed by atoms with E-state index in [1.807, 2.05) is 0 Å². The molecule has 0 unspecified atom stereocenters. The van der Waals surface area contributed by atoms with E-state index >= 15 is 0 Å². The predicted octanol–water partition coefficient (Wildman–Crippen LogP) is 2.51. The summed E-state index contributed by atoms with van der Waals surface area (Å²) < 4.78 is 28.7. The Morgan fingerprint density at radius 2 is 2.29 bits per heavy atom. The lowest BCUT2D eigenvalue weighted by atomic mass is 10.7. The molecule has 74 valence electrons. The highest BCUT2D eigenvalue weighted by atomic mass is 32.2. The number of rotatable bonds is 3. The van der Waals surface area contributed by atoms with E-state index in [-0.39, 0.29) is 22.9 Å². The number of hydrogen-bond acceptors (Lipinski definition) is 6. The molecule has 0 aliphatic heterocycles. The van der Waals surface area contributed by atoms with Crippen LogP contribution in [0.5, 0.6) is 0 Å². The van der Waals surface area contributed by atoms with Crippen LogP contribution < -0.4 is 0 Å². The third kappa shape index (κ3) is 2.07. The van der Waals surface area contributed by atoms with E-state index in [0.29, 0.717) is 5.01 Å². The van der Waals surface area contributed by atoms with Crippen LogP contribution in [0.4, 0.5) is 8.78 Å². The molecule has 2 rings (SSSR count). The topological polar surface area (TPSA) is 51.8 Å². The molecule has 0 bridgehead atoms. The lowest BCUT2D eigenvalue weighted by Gasteiger charge is -1.89. The zero-order chi connectivity index (χ0) is 9.97. The van der Waals surface area contributed by atoms with Crippen LogP contribution in [-0.2, 0) is 0 Å². The van der Waals surface area contributed by atoms with Gasteiger partial charge in [0.05, 0.1) is 0 Å². The quantitative estimate of drug-likeness (QED) is 0.765. The second-order valence-corrected chi connectivity index (χ2v) is 3.92. The summed E-state index contributed by atoms with van der Waals surface area (Å²) in [5.74, 6) is -2.39. The third-order valence-electron chi connectivity index (χ3n) is 1.21. The van der Waals surface area contributed by atoms with E-state index in [2.05, 4.69) is 15.2 Å². The van der Waals surface area contributed by atoms with Crippen LogP contribution >= 0.6 is 23.1 Å². The monoisotopic (exact) mass is 235 g/mol. The Bertz CT molecular complexity index is 403. The van der Waals surface area contributed by atoms with E-state index in [4.69, 9.17) is 4.42 Å². The minimum atomic E-state index is -2.56. The third-order valence-corrected chi connectivity index (χ3v) is 2.52. The van der Waals surface area contributed by atoms with Crippen molar-refractivity contribution in [2.24, 2.45) is 0 Å². The van der Waals surface area contributed by atoms with Gasteiger partial charge in [0.25, 0.3) is 16.9 Å². The van der Waals surface area contributed by atoms with Gasteiger partial charge in [0.2, 0.25) is 0 Å². The zero-order valence-corrected chi connectivity index (χ0v) is 8.19. The van der Waals surface area contributed by atoms with Crippen molar-refractivity contribution < 1.29 is 13.2 Å². The van der Waals surface area contributed by atoms with Crippen LogP contribution in [-0.4, -0.2) is 20.9 Å². The average molecular weight is 235 g/mol. The van der Waals surface area contributed by atoms with Crippen molar-refractivity contribution in [1.29, 1.82) is 0 Å². The molecule has 2 aromatic heterocycles. The van der Waals surface area contributed by atoms with Crippen molar-refractivity contribution in [3.63, 3.8) is 0 Å². The van der Waals surface area contributed by atoms with Gasteiger partial charge in [-0.3, -0.25) is 0 Å². The fraction of sp³-hybridized carbons (Fsp3) is 0.167. The smallest absolute Gasteiger partial charge is 0.293 e. The summed E-state index contributed by atoms with van der Waals surface area (Å²) in [6.45, 7) is 0. The fourth-order valence-electron chi connectivity index (χ4n) is 0.749. The highest BCUT2D eigenvalue weighted by Gasteiger charge is 2.14. The molecule has 0 saturated heterocycles. The Morgan fingerprint density at radius 1 is 1.43 bits per heavy atom. The molecule has 0 aliphatic carbocycles. The largest absolute Gasteiger partial charge is 0.409 e. The van der Waals surface area contributed by atoms with E-state index in [1.54, 1.807) is 11.6 Å². The molecule has 0 amide bonds. The Morgan fingerprint density at radius 3 is 2.93 bits per heavy atom. The van der Waals surface area contributed by atoms with Crippen molar-refractivity contribution in [3.8, 4) is 10.9 Å². The van der Waals surface area contributed by atoms with E-state index in [9.17, 15) is 8.78 Å². The maximum atomic E-state index is 11.9. The van der Waals surface area contributed by atoms with E-state index < -0.39 is 5.76 Å². The van der Waals surface area contributed by atoms with Crippen LogP contribution in [0.2, 0.25) is 0 Å². The first-order chi connectivity index (χ1) is 6.75. The summed E-state index contributed by atoms with van der Waals surface area (Å²) in [5.41, 5.74) is 0. The summed E-state index contributed by atoms with van der Waals surface area (Å²) in [5, 5.41) is 9.15. The Hall–Kier alpha value is -1.02. The molecule has 14 heavy (non-hydrogen) atoms. The summed E-state index contributed by atoms with van der Waals surface area (Å²) >= 11 is 1.52. The first-order valence-electron chi connectivity index (χ1n) is 3.44. The second-order valence-electron chi connectivity index (χ2n) is 2.09. The summed E-state index contributed by atoms with van der Waals surface area (Å²) in [6.07, 6.45) is 1.57. The number of thiazole rings is 1. The second kappa shape index (κ2) is 4.01. The van der Waals surface area contributed by atoms with Gasteiger partial charge < -0.3 is 4.42 Å². The first-order valence-corrected chi connectivity index (χ1v) is 5.20. The number of thioether (sulfide) groups is 1. The molecule has 0 saturated carbocycles. The number of alkyl halides is 2. The van der Waals surface area contributed by atoms with Crippen molar-refractivity contribution in [2.75, 3.05) is 0 Å². The standard InChI is InChI=1S/C6H3F2N3OS2/c7-5(8)14-6-11-10-3(12-6)4-9-1-2-13-4/h1-2,5H. The van der Waals surface area contributed by atoms with Crippen molar-refractivity contribution in [1.82, 2.24) is 15.2 Å². The molecular formula is C6H3F2N3OS2. The van der Waals surface area contributed by atoms with Gasteiger partial charge in [-0.05, 0) is 0 Å². The van der Waals surface area contributed by atoms with Crippen LogP contribution in [0.1, 0.15) is 0 Å². The summed E-state index contributed by atoms with van der Waals surface area (Å²) in [7, 11) is 0. The maximum absolute atomic E-state index is 11.9. The summed E-state index contributed by atoms with van der Waals surface area (Å²) in [4.78, 5) is 3.90. The Labute approximate surface area is 85.4 Å². The van der Waals surface area contributed by atoms with Crippen LogP contribution in [0.15, 0.2) is 21.2 Å². The molecule has 0 N–H and O–H groups in total. The highest BCUT2D eigenvalue weighted by molar-refractivity contribution is 7.99. The molecule has 0 fully saturated rings. The zero-order valence-electron chi connectivity index (χ0n) is 6.55. The Balaban J connectivity index is 2.18. The Kier molecular flexibility index (Phi) is 2.73. The van der Waals surface area contributed by atoms with Crippen molar-refractivity contribution >= 4 is 23.1 Å². The average Bonchev–Trinajstić information content (AvgIpc) is 2.69. The molecule has 0 aromatic carbocycles. The molecular weight excluding hydrogens is 232 g/mol. The fourth-order valence-corrected chi connectivity index (χ4v) is 1.67. The molecule has 0 atom stereocenters. The molecule has 0 radical (unpaired) electrons. The number of aromatic nitrogens is 3. The van der Waals surface area contributed by atoms with E-state index in [1.165, 1.54) is 11.3 Å². The maximum Gasteiger partial charge on any atom is 0.293 e. The molecule has 8 heteroatoms. The lowest BCUT2D eigenvalue weighted by molar-refractivity contribution is 0.249. The number of halogens is 2. The molecule has 0 aliphatic rings. The van der Waals surface area contributed by atoms with Crippen LogP contribution in [0.3, 0.4) is 0 Å². The normalized spacial score (nSPS) is 11.1. The molecule has 2 aromatic rings. The number of nitrogens with zero attached hydrogens (tertiary/aromatic N) is 3. The van der Waals surface area contributed by atoms with Gasteiger partial charge in [-0.1, -0.05) is 0 Å². The molecule has 4 nitrogen and oxygen atoms in total. The minimum absolute atomic E-state index is 0.148. The van der Waals surface area contributed by atoms with Gasteiger partial charge in [-0.25, -0.2) is 4.98 Å². The van der Waals surface area contributed by atoms with Gasteiger partial charge in [0.1, 0.15) is 0 Å². The first kappa shape index (κ1) is 9.53. The van der Waals surface area contributed by atoms with Crippen LogP contribution in [0, 0.1) is 0 Å². The van der Waals surface area contributed by atoms with Gasteiger partial charge in [0, 0.05) is 23.3 Å². The summed E-state index contributed by atoms with van der Waals surface area (Å²) in [6, 6.07) is 0. The molecule has 0 spiro atoms. The molecule has 2 heterocycles.